The molecule has 2 N–H and O–H groups in total. The van der Waals surface area contributed by atoms with Crippen molar-refractivity contribution in [1.29, 1.82) is 0 Å². The van der Waals surface area contributed by atoms with Crippen molar-refractivity contribution < 1.29 is 31.1 Å². The third kappa shape index (κ3) is 4.87. The average molecular weight is 487 g/mol. The summed E-state index contributed by atoms with van der Waals surface area (Å²) in [6.45, 7) is 1.44. The quantitative estimate of drug-likeness (QED) is 0.474. The number of sulfonamides is 1. The summed E-state index contributed by atoms with van der Waals surface area (Å²) in [4.78, 5) is 16.6. The Bertz CT molecular complexity index is 1060. The lowest BCUT2D eigenvalue weighted by atomic mass is 10.2. The summed E-state index contributed by atoms with van der Waals surface area (Å²) in [7, 11) is -6.01. The molecule has 14 heteroatoms. The van der Waals surface area contributed by atoms with Crippen LogP contribution in [0.25, 0.3) is 0 Å². The van der Waals surface area contributed by atoms with Crippen LogP contribution in [0.1, 0.15) is 22.8 Å². The van der Waals surface area contributed by atoms with Gasteiger partial charge in [0.2, 0.25) is 5.88 Å². The van der Waals surface area contributed by atoms with Crippen LogP contribution in [0, 0.1) is 6.92 Å². The second-order valence-electron chi connectivity index (χ2n) is 6.16. The molecule has 1 amide bonds. The van der Waals surface area contributed by atoms with Crippen molar-refractivity contribution in [3.8, 4) is 5.88 Å². The van der Waals surface area contributed by atoms with E-state index >= 15 is 0 Å². The largest absolute Gasteiger partial charge is 0.516 e. The van der Waals surface area contributed by atoms with E-state index in [1.54, 1.807) is 0 Å². The summed E-state index contributed by atoms with van der Waals surface area (Å²) in [5.41, 5.74) is -0.657. The molecule has 2 aromatic rings. The number of carbonyl (C=O) groups is 1. The van der Waals surface area contributed by atoms with Gasteiger partial charge in [-0.1, -0.05) is 23.2 Å². The first kappa shape index (κ1) is 24.0. The van der Waals surface area contributed by atoms with Crippen LogP contribution < -0.4 is 14.8 Å². The number of rotatable bonds is 7. The van der Waals surface area contributed by atoms with Crippen LogP contribution in [-0.2, 0) is 10.0 Å². The standard InChI is InChI=1S/C16H15Cl2F3N4O4S/c1-9-6-10(17)7-24-13(9)25(30(27,28)16(19,20)21)15(2,18)8-29-14-11(12(22)26)4-3-5-23-14/h3-7H,8H2,1-2H3,(H2,22,26)/t15-/m1/s1. The smallest absolute Gasteiger partial charge is 0.473 e. The molecule has 0 unspecified atom stereocenters. The maximum absolute atomic E-state index is 13.4. The minimum absolute atomic E-state index is 0.0119. The number of amides is 1. The first-order valence-corrected chi connectivity index (χ1v) is 10.2. The lowest BCUT2D eigenvalue weighted by molar-refractivity contribution is -0.0442. The fourth-order valence-electron chi connectivity index (χ4n) is 2.39. The number of hydrogen-bond donors (Lipinski definition) is 1. The van der Waals surface area contributed by atoms with Gasteiger partial charge in [0.25, 0.3) is 5.91 Å². The van der Waals surface area contributed by atoms with Gasteiger partial charge in [-0.2, -0.15) is 21.6 Å². The van der Waals surface area contributed by atoms with E-state index in [0.717, 1.165) is 13.1 Å². The molecule has 0 fully saturated rings. The van der Waals surface area contributed by atoms with E-state index in [2.05, 4.69) is 9.97 Å². The van der Waals surface area contributed by atoms with Gasteiger partial charge in [-0.05, 0) is 37.6 Å². The molecule has 1 atom stereocenters. The number of halogens is 5. The van der Waals surface area contributed by atoms with Crippen LogP contribution in [-0.4, -0.2) is 41.4 Å². The Hall–Kier alpha value is -2.31. The van der Waals surface area contributed by atoms with Crippen LogP contribution >= 0.6 is 23.2 Å². The van der Waals surface area contributed by atoms with Gasteiger partial charge in [0.05, 0.1) is 5.02 Å². The summed E-state index contributed by atoms with van der Waals surface area (Å²) in [5, 5.41) is 0.0766. The lowest BCUT2D eigenvalue weighted by Gasteiger charge is -2.36. The summed E-state index contributed by atoms with van der Waals surface area (Å²) in [6, 6.07) is 3.88. The van der Waals surface area contributed by atoms with E-state index < -0.39 is 38.9 Å². The van der Waals surface area contributed by atoms with Crippen LogP contribution in [0.15, 0.2) is 30.6 Å². The number of hydrogen-bond acceptors (Lipinski definition) is 6. The maximum atomic E-state index is 13.4. The van der Waals surface area contributed by atoms with Crippen molar-refractivity contribution in [3.63, 3.8) is 0 Å². The number of alkyl halides is 4. The highest BCUT2D eigenvalue weighted by atomic mass is 35.5. The molecule has 0 aliphatic rings. The number of nitrogens with zero attached hydrogens (tertiary/aromatic N) is 3. The van der Waals surface area contributed by atoms with E-state index in [4.69, 9.17) is 33.7 Å². The van der Waals surface area contributed by atoms with Crippen LogP contribution in [0.3, 0.4) is 0 Å². The number of primary amides is 1. The van der Waals surface area contributed by atoms with Gasteiger partial charge in [-0.15, -0.1) is 0 Å². The monoisotopic (exact) mass is 486 g/mol. The van der Waals surface area contributed by atoms with Crippen molar-refractivity contribution >= 4 is 45.0 Å². The van der Waals surface area contributed by atoms with Crippen molar-refractivity contribution in [2.24, 2.45) is 5.73 Å². The third-order valence-electron chi connectivity index (χ3n) is 3.67. The van der Waals surface area contributed by atoms with E-state index in [0.29, 0.717) is 0 Å². The number of ether oxygens (including phenoxy) is 1. The fraction of sp³-hybridized carbons (Fsp3) is 0.312. The van der Waals surface area contributed by atoms with E-state index in [-0.39, 0.29) is 26.3 Å². The lowest BCUT2D eigenvalue weighted by Crippen LogP contribution is -2.54. The number of nitrogens with two attached hydrogens (primary N) is 1. The Balaban J connectivity index is 2.54. The highest BCUT2D eigenvalue weighted by Gasteiger charge is 2.56. The molecular weight excluding hydrogens is 472 g/mol. The first-order valence-electron chi connectivity index (χ1n) is 7.99. The Morgan fingerprint density at radius 2 is 1.97 bits per heavy atom. The van der Waals surface area contributed by atoms with Gasteiger partial charge in [0.1, 0.15) is 18.0 Å². The summed E-state index contributed by atoms with van der Waals surface area (Å²) in [6.07, 6.45) is 2.21. The predicted octanol–water partition coefficient (Wildman–Crippen LogP) is 3.23. The van der Waals surface area contributed by atoms with Crippen molar-refractivity contribution in [2.75, 3.05) is 10.9 Å². The second kappa shape index (κ2) is 8.44. The molecule has 0 saturated carbocycles. The van der Waals surface area contributed by atoms with Gasteiger partial charge in [0, 0.05) is 12.4 Å². The molecule has 0 aromatic carbocycles. The molecule has 0 aliphatic heterocycles. The molecule has 0 spiro atoms. The fourth-order valence-corrected chi connectivity index (χ4v) is 4.19. The second-order valence-corrected chi connectivity index (χ2v) is 9.19. The Labute approximate surface area is 179 Å². The predicted molar refractivity (Wildman–Crippen MR) is 104 cm³/mol. The Morgan fingerprint density at radius 3 is 2.50 bits per heavy atom. The van der Waals surface area contributed by atoms with Gasteiger partial charge in [0.15, 0.2) is 5.00 Å². The van der Waals surface area contributed by atoms with Crippen LogP contribution in [0.5, 0.6) is 5.88 Å². The van der Waals surface area contributed by atoms with E-state index in [1.807, 2.05) is 0 Å². The molecule has 30 heavy (non-hydrogen) atoms. The van der Waals surface area contributed by atoms with Gasteiger partial charge in [-0.25, -0.2) is 14.3 Å². The van der Waals surface area contributed by atoms with Crippen molar-refractivity contribution in [2.45, 2.75) is 24.4 Å². The van der Waals surface area contributed by atoms with Gasteiger partial charge < -0.3 is 10.5 Å². The number of carbonyl (C=O) groups excluding carboxylic acids is 1. The first-order chi connectivity index (χ1) is 13.7. The number of pyridine rings is 2. The molecule has 2 rings (SSSR count). The molecule has 0 saturated heterocycles. The molecule has 0 radical (unpaired) electrons. The highest BCUT2D eigenvalue weighted by molar-refractivity contribution is 7.93. The SMILES string of the molecule is Cc1cc(Cl)cnc1N([C@@](C)(Cl)COc1ncccc1C(N)=O)S(=O)(=O)C(F)(F)F. The molecule has 2 aromatic heterocycles. The summed E-state index contributed by atoms with van der Waals surface area (Å²) < 4.78 is 70.0. The zero-order valence-corrected chi connectivity index (χ0v) is 17.8. The van der Waals surface area contributed by atoms with Crippen molar-refractivity contribution in [3.05, 3.63) is 46.7 Å². The molecular formula is C16H15Cl2F3N4O4S. The summed E-state index contributed by atoms with van der Waals surface area (Å²) >= 11 is 12.0. The van der Waals surface area contributed by atoms with Crippen LogP contribution in [0.2, 0.25) is 5.02 Å². The van der Waals surface area contributed by atoms with Gasteiger partial charge >= 0.3 is 15.5 Å². The zero-order chi connectivity index (χ0) is 22.9. The van der Waals surface area contributed by atoms with Crippen LogP contribution in [0.4, 0.5) is 19.0 Å². The van der Waals surface area contributed by atoms with Gasteiger partial charge in [-0.3, -0.25) is 4.79 Å². The Morgan fingerprint density at radius 1 is 1.33 bits per heavy atom. The normalized spacial score (nSPS) is 14.1. The summed E-state index contributed by atoms with van der Waals surface area (Å²) in [5.74, 6) is -1.85. The minimum atomic E-state index is -6.01. The highest BCUT2D eigenvalue weighted by Crippen LogP contribution is 2.39. The molecule has 164 valence electrons. The molecule has 0 aliphatic carbocycles. The van der Waals surface area contributed by atoms with E-state index in [9.17, 15) is 26.4 Å². The van der Waals surface area contributed by atoms with E-state index in [1.165, 1.54) is 31.3 Å². The average Bonchev–Trinajstić information content (AvgIpc) is 2.61. The van der Waals surface area contributed by atoms with Crippen molar-refractivity contribution in [1.82, 2.24) is 9.97 Å². The molecule has 2 heterocycles. The number of aryl methyl sites for hydroxylation is 1. The maximum Gasteiger partial charge on any atom is 0.516 e. The molecule has 0 bridgehead atoms. The number of anilines is 1. The Kier molecular flexibility index (Phi) is 6.74. The topological polar surface area (TPSA) is 115 Å². The number of aromatic nitrogens is 2. The minimum Gasteiger partial charge on any atom is -0.473 e. The zero-order valence-electron chi connectivity index (χ0n) is 15.4. The molecule has 8 nitrogen and oxygen atoms in total. The third-order valence-corrected chi connectivity index (χ3v) is 5.90.